The predicted octanol–water partition coefficient (Wildman–Crippen LogP) is 6.10. The summed E-state index contributed by atoms with van der Waals surface area (Å²) < 4.78 is 45.1. The zero-order valence-electron chi connectivity index (χ0n) is 15.7. The normalized spacial score (nSPS) is 11.1. The van der Waals surface area contributed by atoms with Gasteiger partial charge in [0.2, 0.25) is 0 Å². The Hall–Kier alpha value is -3.59. The SMILES string of the molecule is O=C(Nc1cc(C(F)(F)F)ccc1OCc1ccccc1)c1ccc(Cl)c([N+](=O)[O-])c1. The lowest BCUT2D eigenvalue weighted by molar-refractivity contribution is -0.384. The highest BCUT2D eigenvalue weighted by Crippen LogP contribution is 2.36. The van der Waals surface area contributed by atoms with E-state index in [0.717, 1.165) is 35.9 Å². The highest BCUT2D eigenvalue weighted by Gasteiger charge is 2.31. The fourth-order valence-corrected chi connectivity index (χ4v) is 2.84. The highest BCUT2D eigenvalue weighted by atomic mass is 35.5. The fourth-order valence-electron chi connectivity index (χ4n) is 2.65. The smallest absolute Gasteiger partial charge is 0.416 e. The van der Waals surface area contributed by atoms with Gasteiger partial charge in [0.05, 0.1) is 16.2 Å². The summed E-state index contributed by atoms with van der Waals surface area (Å²) in [5.74, 6) is -0.850. The third-order valence-corrected chi connectivity index (χ3v) is 4.52. The van der Waals surface area contributed by atoms with Crippen LogP contribution in [0.1, 0.15) is 21.5 Å². The van der Waals surface area contributed by atoms with Gasteiger partial charge in [-0.2, -0.15) is 13.2 Å². The quantitative estimate of drug-likeness (QED) is 0.363. The van der Waals surface area contributed by atoms with Crippen molar-refractivity contribution >= 4 is 28.9 Å². The monoisotopic (exact) mass is 450 g/mol. The molecule has 0 saturated heterocycles. The van der Waals surface area contributed by atoms with E-state index in [4.69, 9.17) is 16.3 Å². The molecule has 3 rings (SSSR count). The van der Waals surface area contributed by atoms with Gasteiger partial charge in [0.25, 0.3) is 11.6 Å². The van der Waals surface area contributed by atoms with E-state index in [1.807, 2.05) is 0 Å². The summed E-state index contributed by atoms with van der Waals surface area (Å²) >= 11 is 5.73. The Balaban J connectivity index is 1.90. The van der Waals surface area contributed by atoms with E-state index in [1.54, 1.807) is 30.3 Å². The minimum Gasteiger partial charge on any atom is -0.487 e. The van der Waals surface area contributed by atoms with Gasteiger partial charge in [-0.25, -0.2) is 0 Å². The zero-order chi connectivity index (χ0) is 22.6. The molecule has 0 spiro atoms. The maximum absolute atomic E-state index is 13.2. The number of alkyl halides is 3. The number of anilines is 1. The third-order valence-electron chi connectivity index (χ3n) is 4.20. The molecule has 0 bridgehead atoms. The van der Waals surface area contributed by atoms with Crippen molar-refractivity contribution in [2.75, 3.05) is 5.32 Å². The van der Waals surface area contributed by atoms with E-state index in [1.165, 1.54) is 6.07 Å². The number of nitrogens with zero attached hydrogens (tertiary/aromatic N) is 1. The molecule has 0 aliphatic rings. The van der Waals surface area contributed by atoms with Crippen LogP contribution in [-0.2, 0) is 12.8 Å². The molecule has 0 atom stereocenters. The first-order chi connectivity index (χ1) is 14.6. The van der Waals surface area contributed by atoms with E-state index in [-0.39, 0.29) is 28.6 Å². The van der Waals surface area contributed by atoms with Gasteiger partial charge >= 0.3 is 6.18 Å². The van der Waals surface area contributed by atoms with Crippen LogP contribution in [-0.4, -0.2) is 10.8 Å². The summed E-state index contributed by atoms with van der Waals surface area (Å²) in [6.07, 6.45) is -4.64. The Labute approximate surface area is 179 Å². The number of halogens is 4. The summed E-state index contributed by atoms with van der Waals surface area (Å²) in [5, 5.41) is 13.2. The van der Waals surface area contributed by atoms with Gasteiger partial charge in [-0.05, 0) is 35.9 Å². The minimum atomic E-state index is -4.64. The molecule has 0 unspecified atom stereocenters. The van der Waals surface area contributed by atoms with Crippen LogP contribution in [0, 0.1) is 10.1 Å². The van der Waals surface area contributed by atoms with Crippen molar-refractivity contribution in [1.29, 1.82) is 0 Å². The number of rotatable bonds is 6. The standard InChI is InChI=1S/C21H14ClF3N2O4/c22-16-8-6-14(10-18(16)27(29)30)20(28)26-17-11-15(21(23,24)25)7-9-19(17)31-12-13-4-2-1-3-5-13/h1-11H,12H2,(H,26,28). The van der Waals surface area contributed by atoms with Crippen molar-refractivity contribution < 1.29 is 27.6 Å². The molecule has 0 heterocycles. The summed E-state index contributed by atoms with van der Waals surface area (Å²) in [6.45, 7) is 0.0570. The maximum Gasteiger partial charge on any atom is 0.416 e. The molecule has 160 valence electrons. The molecule has 1 amide bonds. The second kappa shape index (κ2) is 9.05. The minimum absolute atomic E-state index is 0.00802. The van der Waals surface area contributed by atoms with E-state index >= 15 is 0 Å². The second-order valence-electron chi connectivity index (χ2n) is 6.36. The van der Waals surface area contributed by atoms with Crippen molar-refractivity contribution in [1.82, 2.24) is 0 Å². The van der Waals surface area contributed by atoms with Crippen molar-refractivity contribution in [2.24, 2.45) is 0 Å². The number of nitro groups is 1. The number of nitrogens with one attached hydrogen (secondary N) is 1. The van der Waals surface area contributed by atoms with Gasteiger partial charge in [-0.1, -0.05) is 41.9 Å². The van der Waals surface area contributed by atoms with Gasteiger partial charge in [0.1, 0.15) is 17.4 Å². The van der Waals surface area contributed by atoms with Gasteiger partial charge in [-0.3, -0.25) is 14.9 Å². The van der Waals surface area contributed by atoms with Crippen LogP contribution in [0.4, 0.5) is 24.5 Å². The number of amides is 1. The van der Waals surface area contributed by atoms with Gasteiger partial charge in [0, 0.05) is 11.6 Å². The lowest BCUT2D eigenvalue weighted by Gasteiger charge is -2.15. The van der Waals surface area contributed by atoms with Crippen molar-refractivity contribution in [3.05, 3.63) is 98.6 Å². The Morgan fingerprint density at radius 1 is 1.06 bits per heavy atom. The van der Waals surface area contributed by atoms with Crippen LogP contribution in [0.2, 0.25) is 5.02 Å². The number of hydrogen-bond donors (Lipinski definition) is 1. The van der Waals surface area contributed by atoms with Crippen molar-refractivity contribution in [3.63, 3.8) is 0 Å². The number of carbonyl (C=O) groups excluding carboxylic acids is 1. The first-order valence-electron chi connectivity index (χ1n) is 8.78. The average Bonchev–Trinajstić information content (AvgIpc) is 2.73. The van der Waals surface area contributed by atoms with Crippen LogP contribution in [0.3, 0.4) is 0 Å². The molecule has 6 nitrogen and oxygen atoms in total. The first-order valence-corrected chi connectivity index (χ1v) is 9.16. The number of ether oxygens (including phenoxy) is 1. The highest BCUT2D eigenvalue weighted by molar-refractivity contribution is 6.32. The number of hydrogen-bond acceptors (Lipinski definition) is 4. The van der Waals surface area contributed by atoms with E-state index < -0.39 is 28.3 Å². The van der Waals surface area contributed by atoms with Crippen LogP contribution < -0.4 is 10.1 Å². The van der Waals surface area contributed by atoms with Crippen LogP contribution >= 0.6 is 11.6 Å². The third kappa shape index (κ3) is 5.52. The molecule has 0 radical (unpaired) electrons. The summed E-state index contributed by atoms with van der Waals surface area (Å²) in [6, 6.07) is 14.9. The van der Waals surface area contributed by atoms with Crippen LogP contribution in [0.15, 0.2) is 66.7 Å². The molecule has 0 aliphatic heterocycles. The molecule has 0 saturated carbocycles. The predicted molar refractivity (Wildman–Crippen MR) is 108 cm³/mol. The molecular weight excluding hydrogens is 437 g/mol. The molecule has 10 heteroatoms. The lowest BCUT2D eigenvalue weighted by Crippen LogP contribution is -2.15. The topological polar surface area (TPSA) is 81.5 Å². The molecule has 0 aliphatic carbocycles. The van der Waals surface area contributed by atoms with E-state index in [2.05, 4.69) is 5.32 Å². The molecule has 0 aromatic heterocycles. The Morgan fingerprint density at radius 3 is 2.42 bits per heavy atom. The largest absolute Gasteiger partial charge is 0.487 e. The van der Waals surface area contributed by atoms with E-state index in [9.17, 15) is 28.1 Å². The number of nitro benzene ring substituents is 1. The van der Waals surface area contributed by atoms with Crippen molar-refractivity contribution in [2.45, 2.75) is 12.8 Å². The molecule has 1 N–H and O–H groups in total. The van der Waals surface area contributed by atoms with Crippen LogP contribution in [0.5, 0.6) is 5.75 Å². The molecule has 3 aromatic rings. The van der Waals surface area contributed by atoms with Gasteiger partial charge in [-0.15, -0.1) is 0 Å². The average molecular weight is 451 g/mol. The Morgan fingerprint density at radius 2 is 1.77 bits per heavy atom. The Kier molecular flexibility index (Phi) is 6.45. The summed E-state index contributed by atoms with van der Waals surface area (Å²) in [4.78, 5) is 22.8. The molecule has 31 heavy (non-hydrogen) atoms. The first kappa shape index (κ1) is 22.1. The maximum atomic E-state index is 13.2. The second-order valence-corrected chi connectivity index (χ2v) is 6.77. The number of benzene rings is 3. The fraction of sp³-hybridized carbons (Fsp3) is 0.0952. The van der Waals surface area contributed by atoms with Crippen molar-refractivity contribution in [3.8, 4) is 5.75 Å². The molecule has 3 aromatic carbocycles. The van der Waals surface area contributed by atoms with Gasteiger partial charge < -0.3 is 10.1 Å². The Bertz CT molecular complexity index is 1120. The van der Waals surface area contributed by atoms with E-state index in [0.29, 0.717) is 0 Å². The lowest BCUT2D eigenvalue weighted by atomic mass is 10.1. The molecule has 0 fully saturated rings. The van der Waals surface area contributed by atoms with Gasteiger partial charge in [0.15, 0.2) is 0 Å². The summed E-state index contributed by atoms with van der Waals surface area (Å²) in [5.41, 5.74) is -1.10. The number of carbonyl (C=O) groups is 1. The summed E-state index contributed by atoms with van der Waals surface area (Å²) in [7, 11) is 0. The molecular formula is C21H14ClF3N2O4. The van der Waals surface area contributed by atoms with Crippen LogP contribution in [0.25, 0.3) is 0 Å². The zero-order valence-corrected chi connectivity index (χ0v) is 16.4.